The lowest BCUT2D eigenvalue weighted by Crippen LogP contribution is -2.47. The number of ketones is 2. The number of rotatable bonds is 8. The number of carbonyl (C=O) groups is 4. The molecule has 0 fully saturated rings. The molecule has 0 aliphatic rings. The molecular weight excluding hydrogens is 396 g/mol. The molecule has 31 heavy (non-hydrogen) atoms. The van der Waals surface area contributed by atoms with E-state index in [4.69, 9.17) is 4.74 Å². The summed E-state index contributed by atoms with van der Waals surface area (Å²) in [6.07, 6.45) is -1.08. The van der Waals surface area contributed by atoms with Crippen molar-refractivity contribution >= 4 is 23.4 Å². The van der Waals surface area contributed by atoms with E-state index in [1.165, 1.54) is 13.8 Å². The fraction of sp³-hybridized carbons (Fsp3) is 0.417. The normalized spacial score (nSPS) is 12.9. The van der Waals surface area contributed by atoms with Gasteiger partial charge in [-0.25, -0.2) is 4.79 Å². The first kappa shape index (κ1) is 24.1. The number of hydrogen-bond donors (Lipinski definition) is 2. The number of amides is 1. The Kier molecular flexibility index (Phi) is 7.55. The fourth-order valence-electron chi connectivity index (χ4n) is 3.57. The summed E-state index contributed by atoms with van der Waals surface area (Å²) in [7, 11) is 0. The highest BCUT2D eigenvalue weighted by molar-refractivity contribution is 6.05. The summed E-state index contributed by atoms with van der Waals surface area (Å²) in [5, 5.41) is 2.72. The van der Waals surface area contributed by atoms with E-state index in [2.05, 4.69) is 10.3 Å². The van der Waals surface area contributed by atoms with Gasteiger partial charge >= 0.3 is 5.97 Å². The number of hydrogen-bond acceptors (Lipinski definition) is 5. The summed E-state index contributed by atoms with van der Waals surface area (Å²) in [6.45, 7) is 11.7. The zero-order chi connectivity index (χ0) is 23.5. The predicted octanol–water partition coefficient (Wildman–Crippen LogP) is 3.71. The van der Waals surface area contributed by atoms with Crippen LogP contribution in [0.1, 0.15) is 75.7 Å². The van der Waals surface area contributed by atoms with Crippen molar-refractivity contribution < 1.29 is 23.9 Å². The van der Waals surface area contributed by atoms with E-state index in [0.717, 1.165) is 5.56 Å². The van der Waals surface area contributed by atoms with Crippen molar-refractivity contribution in [2.45, 2.75) is 60.6 Å². The van der Waals surface area contributed by atoms with Crippen LogP contribution in [0.4, 0.5) is 0 Å². The number of nitrogens with one attached hydrogen (secondary N) is 2. The molecule has 2 rings (SSSR count). The number of aromatic amines is 1. The van der Waals surface area contributed by atoms with Crippen LogP contribution in [0.15, 0.2) is 24.3 Å². The number of esters is 1. The maximum absolute atomic E-state index is 12.9. The first-order valence-electron chi connectivity index (χ1n) is 10.3. The minimum absolute atomic E-state index is 0.145. The SMILES string of the molecule is CC(=O)c1c(C)[nH]c(C(=O)[C@H](C)OC(=O)[C@@H](NC(=O)c2ccccc2C)C(C)C)c1C. The number of H-pyrrole nitrogens is 1. The molecule has 0 bridgehead atoms. The quantitative estimate of drug-likeness (QED) is 0.494. The second kappa shape index (κ2) is 9.73. The monoisotopic (exact) mass is 426 g/mol. The molecule has 1 heterocycles. The lowest BCUT2D eigenvalue weighted by atomic mass is 10.0. The van der Waals surface area contributed by atoms with Gasteiger partial charge in [0.05, 0.1) is 5.69 Å². The van der Waals surface area contributed by atoms with Gasteiger partial charge < -0.3 is 15.0 Å². The Hall–Kier alpha value is -3.22. The largest absolute Gasteiger partial charge is 0.453 e. The number of benzene rings is 1. The summed E-state index contributed by atoms with van der Waals surface area (Å²) >= 11 is 0. The van der Waals surface area contributed by atoms with Gasteiger partial charge in [-0.05, 0) is 57.7 Å². The molecule has 2 atom stereocenters. The van der Waals surface area contributed by atoms with Crippen molar-refractivity contribution in [3.05, 3.63) is 57.9 Å². The van der Waals surface area contributed by atoms with Gasteiger partial charge in [-0.2, -0.15) is 0 Å². The summed E-state index contributed by atoms with van der Waals surface area (Å²) in [5.41, 5.74) is 3.10. The molecule has 1 aromatic carbocycles. The highest BCUT2D eigenvalue weighted by atomic mass is 16.5. The second-order valence-electron chi connectivity index (χ2n) is 8.13. The number of aromatic nitrogens is 1. The van der Waals surface area contributed by atoms with Crippen molar-refractivity contribution in [3.8, 4) is 0 Å². The van der Waals surface area contributed by atoms with Crippen LogP contribution < -0.4 is 5.32 Å². The van der Waals surface area contributed by atoms with Crippen LogP contribution in [0, 0.1) is 26.7 Å². The third-order valence-electron chi connectivity index (χ3n) is 5.30. The summed E-state index contributed by atoms with van der Waals surface area (Å²) < 4.78 is 5.41. The molecule has 2 aromatic rings. The standard InChI is InChI=1S/C24H30N2O5/c1-12(2)20(26-23(29)18-11-9-8-10-13(18)3)24(30)31-17(7)22(28)21-14(4)19(16(6)27)15(5)25-21/h8-12,17,20,25H,1-7H3,(H,26,29)/t17-,20-/m0/s1. The van der Waals surface area contributed by atoms with Crippen molar-refractivity contribution in [2.75, 3.05) is 0 Å². The Morgan fingerprint density at radius 3 is 2.13 bits per heavy atom. The topological polar surface area (TPSA) is 105 Å². The Morgan fingerprint density at radius 1 is 1.00 bits per heavy atom. The molecule has 0 saturated heterocycles. The van der Waals surface area contributed by atoms with E-state index < -0.39 is 23.9 Å². The van der Waals surface area contributed by atoms with Gasteiger partial charge in [0.2, 0.25) is 5.78 Å². The molecular formula is C24H30N2O5. The molecule has 1 amide bonds. The number of carbonyl (C=O) groups excluding carboxylic acids is 4. The van der Waals surface area contributed by atoms with Crippen LogP contribution in [0.3, 0.4) is 0 Å². The molecule has 2 N–H and O–H groups in total. The lowest BCUT2D eigenvalue weighted by molar-refractivity contribution is -0.149. The molecule has 1 aromatic heterocycles. The van der Waals surface area contributed by atoms with E-state index in [0.29, 0.717) is 22.4 Å². The summed E-state index contributed by atoms with van der Waals surface area (Å²) in [4.78, 5) is 53.1. The van der Waals surface area contributed by atoms with Gasteiger partial charge in [0, 0.05) is 16.8 Å². The predicted molar refractivity (Wildman–Crippen MR) is 117 cm³/mol. The van der Waals surface area contributed by atoms with Gasteiger partial charge in [0.1, 0.15) is 6.04 Å². The van der Waals surface area contributed by atoms with Crippen molar-refractivity contribution in [1.29, 1.82) is 0 Å². The van der Waals surface area contributed by atoms with Gasteiger partial charge in [0.25, 0.3) is 5.91 Å². The first-order chi connectivity index (χ1) is 14.5. The van der Waals surface area contributed by atoms with E-state index in [1.807, 2.05) is 19.1 Å². The van der Waals surface area contributed by atoms with Gasteiger partial charge in [-0.15, -0.1) is 0 Å². The van der Waals surface area contributed by atoms with E-state index in [1.54, 1.807) is 39.8 Å². The van der Waals surface area contributed by atoms with Crippen molar-refractivity contribution in [3.63, 3.8) is 0 Å². The maximum atomic E-state index is 12.9. The third kappa shape index (κ3) is 5.29. The summed E-state index contributed by atoms with van der Waals surface area (Å²) in [5.74, 6) is -1.90. The zero-order valence-corrected chi connectivity index (χ0v) is 19.1. The molecule has 0 aliphatic carbocycles. The second-order valence-corrected chi connectivity index (χ2v) is 8.13. The Balaban J connectivity index is 2.16. The maximum Gasteiger partial charge on any atom is 0.329 e. The zero-order valence-electron chi connectivity index (χ0n) is 19.1. The molecule has 0 spiro atoms. The number of aryl methyl sites for hydroxylation is 2. The van der Waals surface area contributed by atoms with Gasteiger partial charge in [-0.1, -0.05) is 32.0 Å². The molecule has 7 heteroatoms. The van der Waals surface area contributed by atoms with Crippen molar-refractivity contribution in [2.24, 2.45) is 5.92 Å². The van der Waals surface area contributed by atoms with E-state index >= 15 is 0 Å². The van der Waals surface area contributed by atoms with Crippen LogP contribution in [0.2, 0.25) is 0 Å². The Morgan fingerprint density at radius 2 is 1.61 bits per heavy atom. The molecule has 166 valence electrons. The smallest absolute Gasteiger partial charge is 0.329 e. The minimum atomic E-state index is -1.08. The molecule has 0 radical (unpaired) electrons. The molecule has 0 saturated carbocycles. The van der Waals surface area contributed by atoms with Crippen molar-refractivity contribution in [1.82, 2.24) is 10.3 Å². The van der Waals surface area contributed by atoms with E-state index in [-0.39, 0.29) is 23.3 Å². The van der Waals surface area contributed by atoms with Crippen LogP contribution in [-0.2, 0) is 9.53 Å². The average Bonchev–Trinajstić information content (AvgIpc) is 2.99. The highest BCUT2D eigenvalue weighted by Gasteiger charge is 2.31. The minimum Gasteiger partial charge on any atom is -0.453 e. The van der Waals surface area contributed by atoms with Gasteiger partial charge in [-0.3, -0.25) is 14.4 Å². The fourth-order valence-corrected chi connectivity index (χ4v) is 3.57. The number of Topliss-reactive ketones (excluding diaryl/α,β-unsaturated/α-hetero) is 2. The van der Waals surface area contributed by atoms with Crippen LogP contribution in [0.25, 0.3) is 0 Å². The third-order valence-corrected chi connectivity index (χ3v) is 5.30. The van der Waals surface area contributed by atoms with Gasteiger partial charge in [0.15, 0.2) is 11.9 Å². The summed E-state index contributed by atoms with van der Waals surface area (Å²) in [6, 6.07) is 6.16. The lowest BCUT2D eigenvalue weighted by Gasteiger charge is -2.23. The number of ether oxygens (including phenoxy) is 1. The average molecular weight is 427 g/mol. The highest BCUT2D eigenvalue weighted by Crippen LogP contribution is 2.21. The molecule has 0 aliphatic heterocycles. The Bertz CT molecular complexity index is 1020. The van der Waals surface area contributed by atoms with Crippen LogP contribution >= 0.6 is 0 Å². The Labute approximate surface area is 182 Å². The first-order valence-corrected chi connectivity index (χ1v) is 10.3. The molecule has 7 nitrogen and oxygen atoms in total. The van der Waals surface area contributed by atoms with Crippen LogP contribution in [-0.4, -0.2) is 40.6 Å². The van der Waals surface area contributed by atoms with Crippen LogP contribution in [0.5, 0.6) is 0 Å². The molecule has 0 unspecified atom stereocenters. The van der Waals surface area contributed by atoms with E-state index in [9.17, 15) is 19.2 Å².